The molecular formula is C2H4NOP. The van der Waals surface area contributed by atoms with Gasteiger partial charge in [0.2, 0.25) is 0 Å². The summed E-state index contributed by atoms with van der Waals surface area (Å²) in [4.78, 5) is 0. The van der Waals surface area contributed by atoms with Crippen LogP contribution in [0.2, 0.25) is 0 Å². The molecule has 1 fully saturated rings. The fourth-order valence-corrected chi connectivity index (χ4v) is 0.382. The van der Waals surface area contributed by atoms with E-state index in [1.165, 1.54) is 0 Å². The molecule has 1 aliphatic rings. The second-order valence-electron chi connectivity index (χ2n) is 1.03. The van der Waals surface area contributed by atoms with Gasteiger partial charge in [0, 0.05) is 6.54 Å². The van der Waals surface area contributed by atoms with Crippen molar-refractivity contribution in [3.63, 3.8) is 0 Å². The summed E-state index contributed by atoms with van der Waals surface area (Å²) in [6.07, 6.45) is 0. The summed E-state index contributed by atoms with van der Waals surface area (Å²) < 4.78 is 9.60. The van der Waals surface area contributed by atoms with Gasteiger partial charge < -0.3 is 5.32 Å². The van der Waals surface area contributed by atoms with E-state index in [4.69, 9.17) is 0 Å². The highest BCUT2D eigenvalue weighted by atomic mass is 31.1. The summed E-state index contributed by atoms with van der Waals surface area (Å²) >= 11 is 0. The van der Waals surface area contributed by atoms with Crippen LogP contribution in [0.5, 0.6) is 0 Å². The summed E-state index contributed by atoms with van der Waals surface area (Å²) in [5, 5.41) is 2.86. The van der Waals surface area contributed by atoms with E-state index in [0.717, 1.165) is 6.54 Å². The van der Waals surface area contributed by atoms with Crippen molar-refractivity contribution in [2.24, 2.45) is 0 Å². The number of rotatable bonds is 1. The minimum absolute atomic E-state index is 0.247. The largest absolute Gasteiger partial charge is 0.301 e. The van der Waals surface area contributed by atoms with Gasteiger partial charge in [0.05, 0.1) is 0 Å². The topological polar surface area (TPSA) is 39.0 Å². The minimum Gasteiger partial charge on any atom is -0.301 e. The first-order valence-electron chi connectivity index (χ1n) is 1.49. The fraction of sp³-hybridized carbons (Fsp3) is 1.00. The summed E-state index contributed by atoms with van der Waals surface area (Å²) in [5.74, 6) is 0.301. The molecule has 1 heterocycles. The highest BCUT2D eigenvalue weighted by molar-refractivity contribution is 7.25. The summed E-state index contributed by atoms with van der Waals surface area (Å²) in [7, 11) is 0.247. The van der Waals surface area contributed by atoms with Crippen LogP contribution in [-0.2, 0) is 4.57 Å². The lowest BCUT2D eigenvalue weighted by Gasteiger charge is -1.53. The molecular weight excluding hydrogens is 85.0 g/mol. The van der Waals surface area contributed by atoms with E-state index in [-0.39, 0.29) is 8.46 Å². The maximum absolute atomic E-state index is 9.60. The van der Waals surface area contributed by atoms with Crippen LogP contribution in [0.4, 0.5) is 0 Å². The van der Waals surface area contributed by atoms with Gasteiger partial charge in [-0.05, 0) is 0 Å². The lowest BCUT2D eigenvalue weighted by Crippen LogP contribution is -1.68. The van der Waals surface area contributed by atoms with E-state index in [0.29, 0.717) is 5.78 Å². The predicted molar refractivity (Wildman–Crippen MR) is 19.4 cm³/mol. The molecule has 1 N–H and O–H groups in total. The zero-order chi connectivity index (χ0) is 3.70. The maximum Gasteiger partial charge on any atom is 0.175 e. The molecule has 0 aliphatic carbocycles. The zero-order valence-corrected chi connectivity index (χ0v) is 3.53. The van der Waals surface area contributed by atoms with Crippen molar-refractivity contribution in [3.05, 3.63) is 0 Å². The maximum atomic E-state index is 9.60. The van der Waals surface area contributed by atoms with Gasteiger partial charge >= 0.3 is 0 Å². The van der Waals surface area contributed by atoms with Crippen LogP contribution in [0.3, 0.4) is 0 Å². The van der Waals surface area contributed by atoms with Gasteiger partial charge in [-0.2, -0.15) is 0 Å². The molecule has 1 atom stereocenters. The Kier molecular flexibility index (Phi) is 0.674. The molecule has 1 rings (SSSR count). The van der Waals surface area contributed by atoms with E-state index >= 15 is 0 Å². The van der Waals surface area contributed by atoms with Crippen molar-refractivity contribution in [2.75, 3.05) is 6.54 Å². The van der Waals surface area contributed by atoms with Gasteiger partial charge in [-0.15, -0.1) is 0 Å². The Hall–Kier alpha value is 0.0600. The summed E-state index contributed by atoms with van der Waals surface area (Å²) in [6.45, 7) is 0.936. The number of hydrogen-bond donors (Lipinski definition) is 1. The highest BCUT2D eigenvalue weighted by Crippen LogP contribution is 2.10. The molecule has 1 aliphatic heterocycles. The monoisotopic (exact) mass is 89.0 g/mol. The van der Waals surface area contributed by atoms with Crippen LogP contribution < -0.4 is 5.32 Å². The average molecular weight is 89.0 g/mol. The smallest absolute Gasteiger partial charge is 0.175 e. The Balaban J connectivity index is 2.21. The Bertz CT molecular complexity index is 51.6. The molecule has 0 aromatic heterocycles. The summed E-state index contributed by atoms with van der Waals surface area (Å²) in [5.41, 5.74) is 0. The molecule has 5 heavy (non-hydrogen) atoms. The predicted octanol–water partition coefficient (Wildman–Crippen LogP) is 0.207. The SMILES string of the molecule is O=PC1CN1. The standard InChI is InChI=1S/C2H4NOP/c4-5-2-1-3-2/h2-3H,1H2. The third-order valence-electron chi connectivity index (χ3n) is 0.514. The lowest BCUT2D eigenvalue weighted by atomic mass is 11.0. The first-order valence-corrected chi connectivity index (χ1v) is 2.37. The molecule has 0 aromatic carbocycles. The third kappa shape index (κ3) is 0.673. The van der Waals surface area contributed by atoms with E-state index in [1.807, 2.05) is 0 Å². The fourth-order valence-electron chi connectivity index (χ4n) is 0.127. The lowest BCUT2D eigenvalue weighted by molar-refractivity contribution is 0.597. The van der Waals surface area contributed by atoms with Gasteiger partial charge in [-0.1, -0.05) is 0 Å². The Morgan fingerprint density at radius 3 is 2.60 bits per heavy atom. The molecule has 0 amide bonds. The highest BCUT2D eigenvalue weighted by Gasteiger charge is 2.18. The van der Waals surface area contributed by atoms with Crippen molar-refractivity contribution >= 4 is 8.46 Å². The minimum atomic E-state index is 0.247. The van der Waals surface area contributed by atoms with Gasteiger partial charge in [-0.25, -0.2) is 0 Å². The number of hydrogen-bond acceptors (Lipinski definition) is 2. The zero-order valence-electron chi connectivity index (χ0n) is 2.64. The first kappa shape index (κ1) is 3.26. The Morgan fingerprint density at radius 1 is 2.00 bits per heavy atom. The van der Waals surface area contributed by atoms with Crippen LogP contribution in [0.1, 0.15) is 0 Å². The molecule has 1 saturated heterocycles. The van der Waals surface area contributed by atoms with E-state index in [9.17, 15) is 4.57 Å². The third-order valence-corrected chi connectivity index (χ3v) is 1.13. The molecule has 0 spiro atoms. The Labute approximate surface area is 31.8 Å². The molecule has 0 aromatic rings. The molecule has 2 nitrogen and oxygen atoms in total. The van der Waals surface area contributed by atoms with Crippen LogP contribution in [-0.4, -0.2) is 12.3 Å². The van der Waals surface area contributed by atoms with Crippen LogP contribution in [0, 0.1) is 0 Å². The number of nitrogens with one attached hydrogen (secondary N) is 1. The van der Waals surface area contributed by atoms with Crippen molar-refractivity contribution in [3.8, 4) is 0 Å². The van der Waals surface area contributed by atoms with Gasteiger partial charge in [0.25, 0.3) is 0 Å². The van der Waals surface area contributed by atoms with E-state index in [2.05, 4.69) is 5.32 Å². The van der Waals surface area contributed by atoms with E-state index < -0.39 is 0 Å². The second-order valence-corrected chi connectivity index (χ2v) is 1.86. The van der Waals surface area contributed by atoms with E-state index in [1.54, 1.807) is 0 Å². The quantitative estimate of drug-likeness (QED) is 0.368. The van der Waals surface area contributed by atoms with Crippen molar-refractivity contribution in [2.45, 2.75) is 5.78 Å². The van der Waals surface area contributed by atoms with Crippen LogP contribution >= 0.6 is 8.46 Å². The molecule has 0 bridgehead atoms. The normalized spacial score (nSPS) is 34.8. The average Bonchev–Trinajstić information content (AvgIpc) is 2.12. The molecule has 0 saturated carbocycles. The van der Waals surface area contributed by atoms with Crippen LogP contribution in [0.15, 0.2) is 0 Å². The van der Waals surface area contributed by atoms with Gasteiger partial charge in [-0.3, -0.25) is 4.57 Å². The molecule has 0 radical (unpaired) electrons. The summed E-state index contributed by atoms with van der Waals surface area (Å²) in [6, 6.07) is 0. The van der Waals surface area contributed by atoms with Gasteiger partial charge in [0.15, 0.2) is 8.46 Å². The molecule has 28 valence electrons. The van der Waals surface area contributed by atoms with Crippen molar-refractivity contribution < 1.29 is 4.57 Å². The van der Waals surface area contributed by atoms with Crippen molar-refractivity contribution in [1.82, 2.24) is 5.32 Å². The van der Waals surface area contributed by atoms with Crippen molar-refractivity contribution in [1.29, 1.82) is 0 Å². The molecule has 3 heteroatoms. The van der Waals surface area contributed by atoms with Crippen LogP contribution in [0.25, 0.3) is 0 Å². The second kappa shape index (κ2) is 1.04. The first-order chi connectivity index (χ1) is 2.43. The Morgan fingerprint density at radius 2 is 2.60 bits per heavy atom. The van der Waals surface area contributed by atoms with Gasteiger partial charge in [0.1, 0.15) is 5.78 Å². The molecule has 1 unspecified atom stereocenters.